The van der Waals surface area contributed by atoms with Gasteiger partial charge in [0.1, 0.15) is 5.82 Å². The molecule has 1 aliphatic heterocycles. The van der Waals surface area contributed by atoms with Crippen LogP contribution in [0, 0.1) is 5.82 Å². The molecule has 3 rings (SSSR count). The summed E-state index contributed by atoms with van der Waals surface area (Å²) in [6, 6.07) is 14.8. The Bertz CT molecular complexity index is 763. The summed E-state index contributed by atoms with van der Waals surface area (Å²) >= 11 is 5.85. The molecule has 4 nitrogen and oxygen atoms in total. The van der Waals surface area contributed by atoms with Crippen LogP contribution in [0.2, 0.25) is 5.02 Å². The van der Waals surface area contributed by atoms with Crippen LogP contribution in [0.3, 0.4) is 0 Å². The molecule has 1 atom stereocenters. The second-order valence-electron chi connectivity index (χ2n) is 7.00. The summed E-state index contributed by atoms with van der Waals surface area (Å²) in [6.07, 6.45) is 0. The lowest BCUT2D eigenvalue weighted by molar-refractivity contribution is -0.123. The summed E-state index contributed by atoms with van der Waals surface area (Å²) in [5.74, 6) is -0.342. The minimum atomic E-state index is -0.388. The van der Waals surface area contributed by atoms with Gasteiger partial charge in [-0.1, -0.05) is 48.0 Å². The molecule has 1 saturated heterocycles. The van der Waals surface area contributed by atoms with E-state index in [2.05, 4.69) is 15.1 Å². The Morgan fingerprint density at radius 1 is 1.11 bits per heavy atom. The topological polar surface area (TPSA) is 35.6 Å². The number of nitrogens with zero attached hydrogens (tertiary/aromatic N) is 2. The number of carbonyl (C=O) groups excluding carboxylic acids is 1. The van der Waals surface area contributed by atoms with Gasteiger partial charge in [-0.2, -0.15) is 0 Å². The molecule has 2 aromatic carbocycles. The Morgan fingerprint density at radius 3 is 2.44 bits per heavy atom. The molecule has 0 spiro atoms. The van der Waals surface area contributed by atoms with E-state index in [0.717, 1.165) is 43.9 Å². The van der Waals surface area contributed by atoms with Crippen molar-refractivity contribution in [1.82, 2.24) is 15.1 Å². The van der Waals surface area contributed by atoms with Crippen molar-refractivity contribution in [2.75, 3.05) is 32.7 Å². The summed E-state index contributed by atoms with van der Waals surface area (Å²) in [5, 5.41) is 3.22. The van der Waals surface area contributed by atoms with Gasteiger partial charge in [0.25, 0.3) is 0 Å². The molecule has 1 aliphatic rings. The second kappa shape index (κ2) is 9.31. The van der Waals surface area contributed by atoms with Gasteiger partial charge in [0.05, 0.1) is 17.6 Å². The Hall–Kier alpha value is -1.95. The molecule has 6 heteroatoms. The van der Waals surface area contributed by atoms with Crippen LogP contribution in [0.25, 0.3) is 0 Å². The number of amides is 1. The Balaban J connectivity index is 1.42. The van der Waals surface area contributed by atoms with Crippen molar-refractivity contribution in [2.24, 2.45) is 0 Å². The smallest absolute Gasteiger partial charge is 0.234 e. The fraction of sp³-hybridized carbons (Fsp3) is 0.381. The van der Waals surface area contributed by atoms with E-state index in [4.69, 9.17) is 11.6 Å². The predicted octanol–water partition coefficient (Wildman–Crippen LogP) is 3.47. The first-order valence-corrected chi connectivity index (χ1v) is 9.62. The molecular formula is C21H25ClFN3O. The van der Waals surface area contributed by atoms with Gasteiger partial charge < -0.3 is 5.32 Å². The van der Waals surface area contributed by atoms with Gasteiger partial charge in [-0.25, -0.2) is 4.39 Å². The van der Waals surface area contributed by atoms with E-state index in [0.29, 0.717) is 6.54 Å². The first-order chi connectivity index (χ1) is 13.0. The van der Waals surface area contributed by atoms with Gasteiger partial charge in [0, 0.05) is 32.7 Å². The lowest BCUT2D eigenvalue weighted by Gasteiger charge is -2.34. The SMILES string of the molecule is CC(NC(=O)CN1CCN(Cc2ccc(F)c(Cl)c2)CC1)c1ccccc1. The third-order valence-corrected chi connectivity index (χ3v) is 5.19. The van der Waals surface area contributed by atoms with Gasteiger partial charge in [-0.15, -0.1) is 0 Å². The largest absolute Gasteiger partial charge is 0.348 e. The monoisotopic (exact) mass is 389 g/mol. The van der Waals surface area contributed by atoms with Crippen molar-refractivity contribution in [3.05, 3.63) is 70.5 Å². The predicted molar refractivity (Wildman–Crippen MR) is 106 cm³/mol. The van der Waals surface area contributed by atoms with Crippen molar-refractivity contribution in [2.45, 2.75) is 19.5 Å². The van der Waals surface area contributed by atoms with E-state index in [9.17, 15) is 9.18 Å². The Labute approximate surface area is 164 Å². The molecule has 1 amide bonds. The van der Waals surface area contributed by atoms with Crippen LogP contribution < -0.4 is 5.32 Å². The maximum absolute atomic E-state index is 13.3. The molecular weight excluding hydrogens is 365 g/mol. The molecule has 0 saturated carbocycles. The van der Waals surface area contributed by atoms with Crippen molar-refractivity contribution in [3.63, 3.8) is 0 Å². The molecule has 1 unspecified atom stereocenters. The lowest BCUT2D eigenvalue weighted by atomic mass is 10.1. The summed E-state index contributed by atoms with van der Waals surface area (Å²) in [7, 11) is 0. The van der Waals surface area contributed by atoms with E-state index in [1.54, 1.807) is 12.1 Å². The van der Waals surface area contributed by atoms with E-state index in [-0.39, 0.29) is 22.8 Å². The lowest BCUT2D eigenvalue weighted by Crippen LogP contribution is -2.49. The third-order valence-electron chi connectivity index (χ3n) is 4.90. The standard InChI is InChI=1S/C21H25ClFN3O/c1-16(18-5-3-2-4-6-18)24-21(27)15-26-11-9-25(10-12-26)14-17-7-8-20(23)19(22)13-17/h2-8,13,16H,9-12,14-15H2,1H3,(H,24,27). The zero-order valence-electron chi connectivity index (χ0n) is 15.5. The molecule has 27 heavy (non-hydrogen) atoms. The highest BCUT2D eigenvalue weighted by molar-refractivity contribution is 6.30. The average Bonchev–Trinajstić information content (AvgIpc) is 2.67. The summed E-state index contributed by atoms with van der Waals surface area (Å²) in [5.41, 5.74) is 2.11. The highest BCUT2D eigenvalue weighted by Gasteiger charge is 2.20. The van der Waals surface area contributed by atoms with Gasteiger partial charge in [-0.05, 0) is 30.2 Å². The molecule has 1 fully saturated rings. The van der Waals surface area contributed by atoms with Gasteiger partial charge >= 0.3 is 0 Å². The number of halogens is 2. The van der Waals surface area contributed by atoms with Crippen LogP contribution in [0.5, 0.6) is 0 Å². The molecule has 144 valence electrons. The fourth-order valence-corrected chi connectivity index (χ4v) is 3.52. The second-order valence-corrected chi connectivity index (χ2v) is 7.41. The number of benzene rings is 2. The highest BCUT2D eigenvalue weighted by atomic mass is 35.5. The third kappa shape index (κ3) is 5.76. The van der Waals surface area contributed by atoms with Crippen molar-refractivity contribution >= 4 is 17.5 Å². The molecule has 1 N–H and O–H groups in total. The fourth-order valence-electron chi connectivity index (χ4n) is 3.32. The van der Waals surface area contributed by atoms with E-state index >= 15 is 0 Å². The number of hydrogen-bond donors (Lipinski definition) is 1. The maximum atomic E-state index is 13.3. The van der Waals surface area contributed by atoms with Crippen LogP contribution in [-0.2, 0) is 11.3 Å². The number of nitrogens with one attached hydrogen (secondary N) is 1. The quantitative estimate of drug-likeness (QED) is 0.821. The van der Waals surface area contributed by atoms with Crippen LogP contribution in [0.4, 0.5) is 4.39 Å². The molecule has 0 bridgehead atoms. The summed E-state index contributed by atoms with van der Waals surface area (Å²) in [4.78, 5) is 16.8. The first kappa shape index (κ1) is 19.8. The van der Waals surface area contributed by atoms with E-state index in [1.807, 2.05) is 37.3 Å². The van der Waals surface area contributed by atoms with Crippen molar-refractivity contribution in [3.8, 4) is 0 Å². The average molecular weight is 390 g/mol. The van der Waals surface area contributed by atoms with Gasteiger partial charge in [-0.3, -0.25) is 14.6 Å². The minimum absolute atomic E-state index is 0.00298. The van der Waals surface area contributed by atoms with Gasteiger partial charge in [0.2, 0.25) is 5.91 Å². The number of carbonyl (C=O) groups is 1. The molecule has 0 aromatic heterocycles. The number of rotatable bonds is 6. The van der Waals surface area contributed by atoms with Crippen LogP contribution in [0.1, 0.15) is 24.1 Å². The van der Waals surface area contributed by atoms with Crippen LogP contribution >= 0.6 is 11.6 Å². The maximum Gasteiger partial charge on any atom is 0.234 e. The van der Waals surface area contributed by atoms with E-state index < -0.39 is 0 Å². The number of piperazine rings is 1. The minimum Gasteiger partial charge on any atom is -0.348 e. The Kier molecular flexibility index (Phi) is 6.83. The number of hydrogen-bond acceptors (Lipinski definition) is 3. The van der Waals surface area contributed by atoms with Gasteiger partial charge in [0.15, 0.2) is 0 Å². The zero-order chi connectivity index (χ0) is 19.2. The molecule has 2 aromatic rings. The van der Waals surface area contributed by atoms with Crippen molar-refractivity contribution < 1.29 is 9.18 Å². The molecule has 0 radical (unpaired) electrons. The van der Waals surface area contributed by atoms with Crippen LogP contribution in [0.15, 0.2) is 48.5 Å². The first-order valence-electron chi connectivity index (χ1n) is 9.24. The highest BCUT2D eigenvalue weighted by Crippen LogP contribution is 2.18. The van der Waals surface area contributed by atoms with Crippen LogP contribution in [-0.4, -0.2) is 48.4 Å². The van der Waals surface area contributed by atoms with E-state index in [1.165, 1.54) is 6.07 Å². The summed E-state index contributed by atoms with van der Waals surface area (Å²) in [6.45, 7) is 6.56. The Morgan fingerprint density at radius 2 is 1.78 bits per heavy atom. The summed E-state index contributed by atoms with van der Waals surface area (Å²) < 4.78 is 13.3. The zero-order valence-corrected chi connectivity index (χ0v) is 16.3. The molecule has 1 heterocycles. The van der Waals surface area contributed by atoms with Crippen molar-refractivity contribution in [1.29, 1.82) is 0 Å². The normalized spacial score (nSPS) is 16.9. The molecule has 0 aliphatic carbocycles.